The molecule has 0 aromatic heterocycles. The van der Waals surface area contributed by atoms with E-state index in [4.69, 9.17) is 9.47 Å². The first kappa shape index (κ1) is 27.3. The van der Waals surface area contributed by atoms with Gasteiger partial charge in [-0.25, -0.2) is 10.2 Å². The number of ether oxygens (including phenoxy) is 2. The lowest BCUT2D eigenvalue weighted by atomic mass is 9.58. The van der Waals surface area contributed by atoms with E-state index in [0.29, 0.717) is 36.3 Å². The maximum atomic E-state index is 6.67. The second-order valence-corrected chi connectivity index (χ2v) is 16.4. The van der Waals surface area contributed by atoms with E-state index in [-0.39, 0.29) is 0 Å². The van der Waals surface area contributed by atoms with E-state index in [9.17, 15) is 0 Å². The zero-order chi connectivity index (χ0) is 28.8. The number of benzene rings is 1. The Bertz CT molecular complexity index is 1380. The lowest BCUT2D eigenvalue weighted by Gasteiger charge is -2.53. The SMILES string of the molecule is C1=CC2C(CC1)OC1CCC(C3[NH2+]C(C4=CCCCC4)[NH+]3C3CCC4=C(CCC5CCC6Oc7ccccc7C6C45)C3)CC12. The highest BCUT2D eigenvalue weighted by atomic mass is 16.5. The smallest absolute Gasteiger partial charge is 0.243 e. The zero-order valence-electron chi connectivity index (χ0n) is 26.7. The minimum absolute atomic E-state index is 0.411. The van der Waals surface area contributed by atoms with E-state index >= 15 is 0 Å². The number of para-hydroxylation sites is 1. The number of allylic oxidation sites excluding steroid dienone is 3. The van der Waals surface area contributed by atoms with Crippen LogP contribution in [0.4, 0.5) is 0 Å². The van der Waals surface area contributed by atoms with Gasteiger partial charge in [-0.3, -0.25) is 0 Å². The van der Waals surface area contributed by atoms with Gasteiger partial charge in [0.2, 0.25) is 12.3 Å². The molecule has 0 spiro atoms. The van der Waals surface area contributed by atoms with Crippen LogP contribution in [-0.4, -0.2) is 36.7 Å². The van der Waals surface area contributed by atoms with Crippen molar-refractivity contribution < 1.29 is 19.7 Å². The second kappa shape index (κ2) is 10.8. The Hall–Kier alpha value is -1.88. The van der Waals surface area contributed by atoms with Crippen molar-refractivity contribution in [3.05, 3.63) is 64.8 Å². The van der Waals surface area contributed by atoms with Crippen LogP contribution in [-0.2, 0) is 4.74 Å². The third kappa shape index (κ3) is 4.26. The van der Waals surface area contributed by atoms with Crippen LogP contribution in [0, 0.1) is 29.6 Å². The van der Waals surface area contributed by atoms with Crippen LogP contribution in [0.1, 0.15) is 114 Å². The first-order valence-electron chi connectivity index (χ1n) is 19.0. The van der Waals surface area contributed by atoms with Crippen LogP contribution in [0.15, 0.2) is 59.2 Å². The average Bonchev–Trinajstić information content (AvgIpc) is 3.63. The first-order chi connectivity index (χ1) is 21.8. The summed E-state index contributed by atoms with van der Waals surface area (Å²) in [5.41, 5.74) is 7.12. The van der Waals surface area contributed by atoms with Crippen molar-refractivity contribution in [3.8, 4) is 5.75 Å². The summed E-state index contributed by atoms with van der Waals surface area (Å²) in [5, 5.41) is 2.88. The third-order valence-corrected chi connectivity index (χ3v) is 14.6. The number of quaternary nitrogens is 2. The summed E-state index contributed by atoms with van der Waals surface area (Å²) < 4.78 is 13.3. The molecule has 13 unspecified atom stereocenters. The van der Waals surface area contributed by atoms with Crippen molar-refractivity contribution in [3.63, 3.8) is 0 Å². The van der Waals surface area contributed by atoms with Crippen LogP contribution in [0.5, 0.6) is 5.75 Å². The molecule has 4 fully saturated rings. The van der Waals surface area contributed by atoms with Gasteiger partial charge in [0.15, 0.2) is 0 Å². The van der Waals surface area contributed by atoms with Crippen LogP contribution in [0.25, 0.3) is 0 Å². The fourth-order valence-corrected chi connectivity index (χ4v) is 12.7. The minimum atomic E-state index is 0.411. The zero-order valence-corrected chi connectivity index (χ0v) is 26.7. The van der Waals surface area contributed by atoms with Crippen LogP contribution in [0.2, 0.25) is 0 Å². The van der Waals surface area contributed by atoms with Crippen molar-refractivity contribution in [2.45, 2.75) is 145 Å². The Balaban J connectivity index is 0.927. The van der Waals surface area contributed by atoms with Crippen LogP contribution < -0.4 is 15.0 Å². The molecule has 0 radical (unpaired) electrons. The molecule has 1 aromatic rings. The Kier molecular flexibility index (Phi) is 6.72. The molecule has 2 saturated heterocycles. The highest BCUT2D eigenvalue weighted by Gasteiger charge is 2.59. The van der Waals surface area contributed by atoms with E-state index in [1.54, 1.807) is 5.57 Å². The molecule has 3 aliphatic heterocycles. The van der Waals surface area contributed by atoms with Gasteiger partial charge >= 0.3 is 0 Å². The lowest BCUT2D eigenvalue weighted by Crippen LogP contribution is -3.50. The number of hydrogen-bond acceptors (Lipinski definition) is 2. The molecule has 0 amide bonds. The number of nitrogens with one attached hydrogen (secondary N) is 1. The molecule has 0 bridgehead atoms. The lowest BCUT2D eigenvalue weighted by molar-refractivity contribution is -1.25. The minimum Gasteiger partial charge on any atom is -0.489 e. The molecular formula is C40H54N2O2+2. The summed E-state index contributed by atoms with van der Waals surface area (Å²) in [6, 6.07) is 9.85. The predicted octanol–water partition coefficient (Wildman–Crippen LogP) is 5.96. The van der Waals surface area contributed by atoms with Crippen molar-refractivity contribution in [1.82, 2.24) is 0 Å². The van der Waals surface area contributed by atoms with Crippen LogP contribution in [0.3, 0.4) is 0 Å². The van der Waals surface area contributed by atoms with E-state index in [1.165, 1.54) is 114 Å². The highest BCUT2D eigenvalue weighted by Crippen LogP contribution is 2.58. The molecule has 6 aliphatic carbocycles. The molecule has 3 N–H and O–H groups in total. The van der Waals surface area contributed by atoms with Gasteiger partial charge in [0.1, 0.15) is 17.9 Å². The molecular weight excluding hydrogens is 540 g/mol. The first-order valence-corrected chi connectivity index (χ1v) is 19.0. The summed E-state index contributed by atoms with van der Waals surface area (Å²) in [6.07, 6.45) is 32.2. The Labute approximate surface area is 264 Å². The standard InChI is InChI=1S/C40H52N2O2/c1-2-8-25(9-3-1)39-41-40(27-17-20-35-32(23-27)30-10-4-6-12-33(30)43-35)42(39)28-18-19-29-26(22-28)15-14-24-16-21-36-38(37(24)29)31-11-5-7-13-34(31)44-36/h4-5,7-8,10-11,13,24,27-28,30,32-33,35-41H,1-3,6,9,12,14-23H2/p+2. The number of hydrogen-bond donors (Lipinski definition) is 2. The molecule has 3 heterocycles. The largest absolute Gasteiger partial charge is 0.489 e. The molecule has 9 aliphatic rings. The number of nitrogens with two attached hydrogens (primary N) is 1. The summed E-state index contributed by atoms with van der Waals surface area (Å²) >= 11 is 0. The van der Waals surface area contributed by atoms with Gasteiger partial charge in [0, 0.05) is 35.8 Å². The maximum absolute atomic E-state index is 6.67. The molecule has 4 heteroatoms. The molecule has 1 aromatic carbocycles. The quantitative estimate of drug-likeness (QED) is 0.424. The van der Waals surface area contributed by atoms with E-state index in [0.717, 1.165) is 35.9 Å². The molecule has 13 atom stereocenters. The van der Waals surface area contributed by atoms with Gasteiger partial charge in [-0.2, -0.15) is 0 Å². The van der Waals surface area contributed by atoms with Gasteiger partial charge in [-0.1, -0.05) is 47.6 Å². The van der Waals surface area contributed by atoms with Crippen molar-refractivity contribution in [2.75, 3.05) is 0 Å². The van der Waals surface area contributed by atoms with Crippen molar-refractivity contribution >= 4 is 0 Å². The van der Waals surface area contributed by atoms with Crippen LogP contribution >= 0.6 is 0 Å². The average molecular weight is 595 g/mol. The van der Waals surface area contributed by atoms with E-state index in [2.05, 4.69) is 47.8 Å². The molecule has 2 saturated carbocycles. The van der Waals surface area contributed by atoms with Gasteiger partial charge in [0.05, 0.1) is 18.1 Å². The van der Waals surface area contributed by atoms with Crippen molar-refractivity contribution in [2.24, 2.45) is 29.6 Å². The fraction of sp³-hybridized carbons (Fsp3) is 0.700. The normalized spacial score (nSPS) is 47.2. The third-order valence-electron chi connectivity index (χ3n) is 14.6. The molecule has 234 valence electrons. The highest BCUT2D eigenvalue weighted by molar-refractivity contribution is 5.45. The monoisotopic (exact) mass is 594 g/mol. The number of fused-ring (bicyclic) bond motifs is 9. The molecule has 10 rings (SSSR count). The molecule has 44 heavy (non-hydrogen) atoms. The Morgan fingerprint density at radius 2 is 1.73 bits per heavy atom. The van der Waals surface area contributed by atoms with Crippen molar-refractivity contribution in [1.29, 1.82) is 0 Å². The van der Waals surface area contributed by atoms with Gasteiger partial charge in [0.25, 0.3) is 0 Å². The summed E-state index contributed by atoms with van der Waals surface area (Å²) in [4.78, 5) is 2.00. The fourth-order valence-electron chi connectivity index (χ4n) is 12.7. The van der Waals surface area contributed by atoms with E-state index < -0.39 is 0 Å². The van der Waals surface area contributed by atoms with Gasteiger partial charge in [-0.05, 0) is 114 Å². The number of rotatable bonds is 3. The maximum Gasteiger partial charge on any atom is 0.243 e. The van der Waals surface area contributed by atoms with E-state index in [1.807, 2.05) is 16.0 Å². The Morgan fingerprint density at radius 3 is 2.68 bits per heavy atom. The van der Waals surface area contributed by atoms with Gasteiger partial charge in [-0.15, -0.1) is 0 Å². The van der Waals surface area contributed by atoms with Gasteiger partial charge < -0.3 is 9.47 Å². The summed E-state index contributed by atoms with van der Waals surface area (Å²) in [5.74, 6) is 5.71. The second-order valence-electron chi connectivity index (χ2n) is 16.4. The summed E-state index contributed by atoms with van der Waals surface area (Å²) in [7, 11) is 0. The topological polar surface area (TPSA) is 39.5 Å². The molecule has 4 nitrogen and oxygen atoms in total. The predicted molar refractivity (Wildman–Crippen MR) is 172 cm³/mol. The Morgan fingerprint density at radius 1 is 0.795 bits per heavy atom. The summed E-state index contributed by atoms with van der Waals surface area (Å²) in [6.45, 7) is 0.